The zero-order chi connectivity index (χ0) is 18.3. The minimum absolute atomic E-state index is 0.0784. The van der Waals surface area contributed by atoms with Crippen LogP contribution in [0.15, 0.2) is 35.4 Å². The van der Waals surface area contributed by atoms with E-state index in [-0.39, 0.29) is 43.1 Å². The highest BCUT2D eigenvalue weighted by Crippen LogP contribution is 2.42. The second-order valence-corrected chi connectivity index (χ2v) is 6.83. The smallest absolute Gasteiger partial charge is 0.316 e. The number of aromatic nitrogens is 2. The Bertz CT molecular complexity index is 940. The predicted molar refractivity (Wildman–Crippen MR) is 91.3 cm³/mol. The van der Waals surface area contributed by atoms with Gasteiger partial charge in [-0.15, -0.1) is 0 Å². The highest BCUT2D eigenvalue weighted by molar-refractivity contribution is 5.83. The molecule has 1 aromatic heterocycles. The molecule has 1 amide bonds. The summed E-state index contributed by atoms with van der Waals surface area (Å²) >= 11 is 0. The van der Waals surface area contributed by atoms with E-state index in [2.05, 4.69) is 4.98 Å². The number of carbonyl (C=O) groups excluding carboxylic acids is 2. The summed E-state index contributed by atoms with van der Waals surface area (Å²) in [6, 6.07) is 7.01. The minimum Gasteiger partial charge on any atom is -0.468 e. The lowest BCUT2D eigenvalue weighted by molar-refractivity contribution is -0.153. The average molecular weight is 357 g/mol. The zero-order valence-electron chi connectivity index (χ0n) is 14.4. The molecular weight excluding hydrogens is 338 g/mol. The van der Waals surface area contributed by atoms with Crippen molar-refractivity contribution in [3.05, 3.63) is 40.9 Å². The number of ether oxygens (including phenoxy) is 2. The van der Waals surface area contributed by atoms with Gasteiger partial charge < -0.3 is 14.4 Å². The van der Waals surface area contributed by atoms with Crippen molar-refractivity contribution in [1.29, 1.82) is 0 Å². The maximum Gasteiger partial charge on any atom is 0.316 e. The molecule has 3 heterocycles. The Morgan fingerprint density at radius 2 is 2.19 bits per heavy atom. The second kappa shape index (κ2) is 6.21. The van der Waals surface area contributed by atoms with Gasteiger partial charge in [-0.05, 0) is 12.1 Å². The van der Waals surface area contributed by atoms with Crippen LogP contribution in [0.25, 0.3) is 10.9 Å². The molecule has 0 spiro atoms. The summed E-state index contributed by atoms with van der Waals surface area (Å²) < 4.78 is 11.7. The van der Waals surface area contributed by atoms with E-state index < -0.39 is 5.41 Å². The Balaban J connectivity index is 1.56. The Morgan fingerprint density at radius 1 is 1.38 bits per heavy atom. The molecule has 0 aliphatic carbocycles. The molecule has 2 aliphatic rings. The van der Waals surface area contributed by atoms with Crippen LogP contribution in [0.1, 0.15) is 0 Å². The number of fused-ring (bicyclic) bond motifs is 2. The molecule has 2 atom stereocenters. The van der Waals surface area contributed by atoms with Crippen molar-refractivity contribution in [3.8, 4) is 0 Å². The van der Waals surface area contributed by atoms with Crippen molar-refractivity contribution in [2.75, 3.05) is 33.4 Å². The van der Waals surface area contributed by atoms with E-state index in [9.17, 15) is 14.4 Å². The van der Waals surface area contributed by atoms with Gasteiger partial charge in [-0.2, -0.15) is 0 Å². The molecule has 2 saturated heterocycles. The number of para-hydroxylation sites is 1. The lowest BCUT2D eigenvalue weighted by Gasteiger charge is -2.24. The molecule has 0 saturated carbocycles. The van der Waals surface area contributed by atoms with Crippen LogP contribution in [0.5, 0.6) is 0 Å². The van der Waals surface area contributed by atoms with Gasteiger partial charge in [0.2, 0.25) is 5.91 Å². The summed E-state index contributed by atoms with van der Waals surface area (Å²) in [5.74, 6) is -0.646. The van der Waals surface area contributed by atoms with Crippen molar-refractivity contribution in [2.45, 2.75) is 6.54 Å². The number of amides is 1. The van der Waals surface area contributed by atoms with Crippen LogP contribution in [-0.4, -0.2) is 59.7 Å². The largest absolute Gasteiger partial charge is 0.468 e. The molecule has 4 rings (SSSR count). The Morgan fingerprint density at radius 3 is 3.00 bits per heavy atom. The highest BCUT2D eigenvalue weighted by Gasteiger charge is 2.57. The van der Waals surface area contributed by atoms with Gasteiger partial charge in [0.25, 0.3) is 5.56 Å². The van der Waals surface area contributed by atoms with Crippen LogP contribution in [0.4, 0.5) is 0 Å². The summed E-state index contributed by atoms with van der Waals surface area (Å²) in [5.41, 5.74) is -0.454. The third kappa shape index (κ3) is 2.48. The van der Waals surface area contributed by atoms with E-state index in [1.54, 1.807) is 23.1 Å². The maximum absolute atomic E-state index is 12.7. The normalized spacial score (nSPS) is 24.7. The zero-order valence-corrected chi connectivity index (χ0v) is 14.4. The van der Waals surface area contributed by atoms with Crippen LogP contribution in [-0.2, 0) is 25.6 Å². The topological polar surface area (TPSA) is 90.7 Å². The van der Waals surface area contributed by atoms with E-state index in [4.69, 9.17) is 9.47 Å². The summed E-state index contributed by atoms with van der Waals surface area (Å²) in [6.07, 6.45) is 1.39. The third-order valence-corrected chi connectivity index (χ3v) is 5.36. The number of carbonyl (C=O) groups is 2. The van der Waals surface area contributed by atoms with E-state index in [0.717, 1.165) is 0 Å². The van der Waals surface area contributed by atoms with Crippen LogP contribution < -0.4 is 5.56 Å². The second-order valence-electron chi connectivity index (χ2n) is 6.83. The van der Waals surface area contributed by atoms with Gasteiger partial charge in [-0.3, -0.25) is 19.0 Å². The molecule has 0 N–H and O–H groups in total. The molecule has 0 unspecified atom stereocenters. The molecule has 8 heteroatoms. The fourth-order valence-corrected chi connectivity index (χ4v) is 3.88. The fraction of sp³-hybridized carbons (Fsp3) is 0.444. The fourth-order valence-electron chi connectivity index (χ4n) is 3.88. The minimum atomic E-state index is -0.795. The van der Waals surface area contributed by atoms with Gasteiger partial charge in [-0.1, -0.05) is 12.1 Å². The number of likely N-dealkylation sites (tertiary alicyclic amines) is 1. The van der Waals surface area contributed by atoms with Gasteiger partial charge >= 0.3 is 5.97 Å². The van der Waals surface area contributed by atoms with Gasteiger partial charge in [0.05, 0.1) is 37.6 Å². The van der Waals surface area contributed by atoms with E-state index in [0.29, 0.717) is 24.1 Å². The third-order valence-electron chi connectivity index (χ3n) is 5.36. The van der Waals surface area contributed by atoms with Crippen molar-refractivity contribution in [3.63, 3.8) is 0 Å². The van der Waals surface area contributed by atoms with Crippen LogP contribution in [0.3, 0.4) is 0 Å². The van der Waals surface area contributed by atoms with Crippen LogP contribution >= 0.6 is 0 Å². The lowest BCUT2D eigenvalue weighted by Crippen LogP contribution is -2.42. The summed E-state index contributed by atoms with van der Waals surface area (Å²) in [6.45, 7) is 1.24. The van der Waals surface area contributed by atoms with Crippen molar-refractivity contribution in [1.82, 2.24) is 14.5 Å². The van der Waals surface area contributed by atoms with Gasteiger partial charge in [0, 0.05) is 19.0 Å². The first-order valence-corrected chi connectivity index (χ1v) is 8.43. The van der Waals surface area contributed by atoms with E-state index in [1.807, 2.05) is 6.07 Å². The molecule has 2 aliphatic heterocycles. The first kappa shape index (κ1) is 16.7. The highest BCUT2D eigenvalue weighted by atomic mass is 16.5. The van der Waals surface area contributed by atoms with E-state index in [1.165, 1.54) is 18.0 Å². The van der Waals surface area contributed by atoms with Gasteiger partial charge in [-0.25, -0.2) is 4.98 Å². The number of nitrogens with zero attached hydrogens (tertiary/aromatic N) is 3. The number of esters is 1. The monoisotopic (exact) mass is 357 g/mol. The number of benzene rings is 1. The molecular formula is C18H19N3O5. The molecule has 2 fully saturated rings. The number of rotatable bonds is 3. The number of hydrogen-bond acceptors (Lipinski definition) is 6. The number of methoxy groups -OCH3 is 1. The Hall–Kier alpha value is -2.74. The van der Waals surface area contributed by atoms with Crippen molar-refractivity contribution in [2.24, 2.45) is 11.3 Å². The quantitative estimate of drug-likeness (QED) is 0.721. The summed E-state index contributed by atoms with van der Waals surface area (Å²) in [4.78, 5) is 43.4. The Kier molecular flexibility index (Phi) is 3.99. The molecule has 0 bridgehead atoms. The Labute approximate surface area is 149 Å². The van der Waals surface area contributed by atoms with Crippen LogP contribution in [0.2, 0.25) is 0 Å². The lowest BCUT2D eigenvalue weighted by atomic mass is 9.81. The standard InChI is InChI=1S/C18H19N3O5/c1-25-17(24)18-9-20(6-12(18)8-26-10-18)15(22)7-21-11-19-14-5-3-2-4-13(14)16(21)23/h2-5,11-12H,6-10H2,1H3/t12-,18-/m0/s1. The molecule has 0 radical (unpaired) electrons. The molecule has 136 valence electrons. The first-order valence-electron chi connectivity index (χ1n) is 8.43. The predicted octanol–water partition coefficient (Wildman–Crippen LogP) is 0.0445. The SMILES string of the molecule is COC(=O)[C@@]12COC[C@@H]1CN(C(=O)Cn1cnc3ccccc3c1=O)C2. The molecule has 8 nitrogen and oxygen atoms in total. The molecule has 1 aromatic carbocycles. The summed E-state index contributed by atoms with van der Waals surface area (Å²) in [7, 11) is 1.34. The average Bonchev–Trinajstić information content (AvgIpc) is 3.22. The van der Waals surface area contributed by atoms with Gasteiger partial charge in [0.1, 0.15) is 12.0 Å². The van der Waals surface area contributed by atoms with Gasteiger partial charge in [0.15, 0.2) is 0 Å². The van der Waals surface area contributed by atoms with Crippen molar-refractivity contribution < 1.29 is 19.1 Å². The van der Waals surface area contributed by atoms with Crippen molar-refractivity contribution >= 4 is 22.8 Å². The number of hydrogen-bond donors (Lipinski definition) is 0. The first-order chi connectivity index (χ1) is 12.5. The van der Waals surface area contributed by atoms with E-state index >= 15 is 0 Å². The maximum atomic E-state index is 12.7. The molecule has 26 heavy (non-hydrogen) atoms. The van der Waals surface area contributed by atoms with Crippen LogP contribution in [0, 0.1) is 11.3 Å². The summed E-state index contributed by atoms with van der Waals surface area (Å²) in [5, 5.41) is 0.473. The molecule has 2 aromatic rings.